The summed E-state index contributed by atoms with van der Waals surface area (Å²) in [7, 11) is 3.37. The van der Waals surface area contributed by atoms with Crippen molar-refractivity contribution in [2.24, 2.45) is 4.99 Å². The number of ether oxygens (including phenoxy) is 1. The summed E-state index contributed by atoms with van der Waals surface area (Å²) in [6.45, 7) is 2.66. The maximum absolute atomic E-state index is 6.00. The minimum absolute atomic E-state index is 0.500. The molecule has 112 valence electrons. The van der Waals surface area contributed by atoms with Gasteiger partial charge in [0.1, 0.15) is 5.82 Å². The van der Waals surface area contributed by atoms with E-state index in [2.05, 4.69) is 25.9 Å². The van der Waals surface area contributed by atoms with Crippen LogP contribution >= 0.6 is 23.2 Å². The zero-order chi connectivity index (χ0) is 14.8. The Balaban J connectivity index is 2.26. The number of nitrogens with zero attached hydrogens (tertiary/aromatic N) is 2. The molecule has 0 fully saturated rings. The first-order valence-corrected chi connectivity index (χ1v) is 6.91. The smallest absolute Gasteiger partial charge is 0.191 e. The number of halogens is 2. The van der Waals surface area contributed by atoms with E-state index >= 15 is 0 Å². The summed E-state index contributed by atoms with van der Waals surface area (Å²) >= 11 is 11.8. The van der Waals surface area contributed by atoms with Crippen molar-refractivity contribution in [3.8, 4) is 0 Å². The number of hydrogen-bond donors (Lipinski definition) is 3. The van der Waals surface area contributed by atoms with E-state index in [0.717, 1.165) is 5.96 Å². The summed E-state index contributed by atoms with van der Waals surface area (Å²) in [5.41, 5.74) is 0. The number of hydrogen-bond acceptors (Lipinski definition) is 4. The van der Waals surface area contributed by atoms with E-state index in [9.17, 15) is 0 Å². The second-order valence-corrected chi connectivity index (χ2v) is 4.67. The molecule has 1 aromatic rings. The quantitative estimate of drug-likeness (QED) is 0.404. The third kappa shape index (κ3) is 6.27. The standard InChI is InChI=1S/C12H19Cl2N5O/c1-15-12(18-5-6-20-2)17-4-3-16-11-10(14)7-9(13)8-19-11/h7-8H,3-6H2,1-2H3,(H,16,19)(H2,15,17,18). The maximum Gasteiger partial charge on any atom is 0.191 e. The molecule has 0 aliphatic carbocycles. The first kappa shape index (κ1) is 16.8. The molecule has 20 heavy (non-hydrogen) atoms. The summed E-state index contributed by atoms with van der Waals surface area (Å²) < 4.78 is 4.95. The predicted molar refractivity (Wildman–Crippen MR) is 84.0 cm³/mol. The Bertz CT molecular complexity index is 442. The molecule has 0 aliphatic heterocycles. The first-order valence-electron chi connectivity index (χ1n) is 6.15. The van der Waals surface area contributed by atoms with Crippen molar-refractivity contribution in [1.29, 1.82) is 0 Å². The van der Waals surface area contributed by atoms with Crippen molar-refractivity contribution in [3.05, 3.63) is 22.3 Å². The Morgan fingerprint density at radius 1 is 1.30 bits per heavy atom. The second-order valence-electron chi connectivity index (χ2n) is 3.83. The molecular weight excluding hydrogens is 301 g/mol. The van der Waals surface area contributed by atoms with Crippen LogP contribution in [-0.4, -0.2) is 51.3 Å². The van der Waals surface area contributed by atoms with E-state index in [1.807, 2.05) is 0 Å². The molecule has 6 nitrogen and oxygen atoms in total. The van der Waals surface area contributed by atoms with Gasteiger partial charge >= 0.3 is 0 Å². The number of guanidine groups is 1. The monoisotopic (exact) mass is 319 g/mol. The van der Waals surface area contributed by atoms with Gasteiger partial charge in [0, 0.05) is 40.0 Å². The van der Waals surface area contributed by atoms with E-state index in [4.69, 9.17) is 27.9 Å². The van der Waals surface area contributed by atoms with Gasteiger partial charge in [0.15, 0.2) is 5.96 Å². The molecule has 0 aliphatic rings. The zero-order valence-electron chi connectivity index (χ0n) is 11.5. The molecule has 0 amide bonds. The van der Waals surface area contributed by atoms with Gasteiger partial charge in [0.2, 0.25) is 0 Å². The fourth-order valence-electron chi connectivity index (χ4n) is 1.40. The highest BCUT2D eigenvalue weighted by atomic mass is 35.5. The molecule has 1 heterocycles. The highest BCUT2D eigenvalue weighted by molar-refractivity contribution is 6.35. The molecule has 0 radical (unpaired) electrons. The average Bonchev–Trinajstić information content (AvgIpc) is 2.43. The van der Waals surface area contributed by atoms with Gasteiger partial charge in [-0.1, -0.05) is 23.2 Å². The Morgan fingerprint density at radius 2 is 2.05 bits per heavy atom. The highest BCUT2D eigenvalue weighted by Crippen LogP contribution is 2.21. The van der Waals surface area contributed by atoms with E-state index in [1.54, 1.807) is 26.4 Å². The lowest BCUT2D eigenvalue weighted by molar-refractivity contribution is 0.203. The summed E-state index contributed by atoms with van der Waals surface area (Å²) in [4.78, 5) is 8.20. The Kier molecular flexibility index (Phi) is 8.10. The summed E-state index contributed by atoms with van der Waals surface area (Å²) in [5, 5.41) is 10.4. The summed E-state index contributed by atoms with van der Waals surface area (Å²) in [6, 6.07) is 1.65. The highest BCUT2D eigenvalue weighted by Gasteiger charge is 2.02. The SMILES string of the molecule is CN=C(NCCNc1ncc(Cl)cc1Cl)NCCOC. The number of aliphatic imine (C=N–C) groups is 1. The maximum atomic E-state index is 6.00. The Morgan fingerprint density at radius 3 is 2.70 bits per heavy atom. The topological polar surface area (TPSA) is 70.6 Å². The third-order valence-electron chi connectivity index (χ3n) is 2.34. The van der Waals surface area contributed by atoms with E-state index < -0.39 is 0 Å². The van der Waals surface area contributed by atoms with Crippen LogP contribution < -0.4 is 16.0 Å². The van der Waals surface area contributed by atoms with Crippen LogP contribution in [0.25, 0.3) is 0 Å². The number of anilines is 1. The van der Waals surface area contributed by atoms with Crippen LogP contribution in [0.5, 0.6) is 0 Å². The third-order valence-corrected chi connectivity index (χ3v) is 2.83. The molecule has 1 aromatic heterocycles. The molecule has 0 aromatic carbocycles. The van der Waals surface area contributed by atoms with Gasteiger partial charge in [-0.3, -0.25) is 4.99 Å². The average molecular weight is 320 g/mol. The molecule has 0 bridgehead atoms. The minimum Gasteiger partial charge on any atom is -0.383 e. The first-order chi connectivity index (χ1) is 9.67. The molecule has 0 saturated carbocycles. The molecule has 0 spiro atoms. The minimum atomic E-state index is 0.500. The van der Waals surface area contributed by atoms with Crippen molar-refractivity contribution in [3.63, 3.8) is 0 Å². The van der Waals surface area contributed by atoms with Gasteiger partial charge in [-0.2, -0.15) is 0 Å². The fraction of sp³-hybridized carbons (Fsp3) is 0.500. The van der Waals surface area contributed by atoms with Crippen molar-refractivity contribution in [2.75, 3.05) is 45.7 Å². The Hall–Kier alpha value is -1.24. The van der Waals surface area contributed by atoms with Crippen molar-refractivity contribution in [1.82, 2.24) is 15.6 Å². The van der Waals surface area contributed by atoms with E-state index in [1.165, 1.54) is 0 Å². The van der Waals surface area contributed by atoms with E-state index in [-0.39, 0.29) is 0 Å². The lowest BCUT2D eigenvalue weighted by atomic mass is 10.4. The molecule has 0 saturated heterocycles. The van der Waals surface area contributed by atoms with Crippen LogP contribution in [0, 0.1) is 0 Å². The lowest BCUT2D eigenvalue weighted by Crippen LogP contribution is -2.40. The summed E-state index contributed by atoms with van der Waals surface area (Å²) in [6.07, 6.45) is 1.55. The van der Waals surface area contributed by atoms with Crippen LogP contribution in [-0.2, 0) is 4.74 Å². The van der Waals surface area contributed by atoms with Gasteiger partial charge in [0.25, 0.3) is 0 Å². The van der Waals surface area contributed by atoms with Crippen molar-refractivity contribution in [2.45, 2.75) is 0 Å². The molecule has 0 unspecified atom stereocenters. The van der Waals surface area contributed by atoms with E-state index in [0.29, 0.717) is 42.1 Å². The van der Waals surface area contributed by atoms with Crippen LogP contribution in [0.4, 0.5) is 5.82 Å². The van der Waals surface area contributed by atoms with Gasteiger partial charge in [0.05, 0.1) is 16.7 Å². The molecule has 3 N–H and O–H groups in total. The van der Waals surface area contributed by atoms with Crippen LogP contribution in [0.15, 0.2) is 17.3 Å². The zero-order valence-corrected chi connectivity index (χ0v) is 13.1. The van der Waals surface area contributed by atoms with Gasteiger partial charge in [-0.15, -0.1) is 0 Å². The number of nitrogens with one attached hydrogen (secondary N) is 3. The molecule has 1 rings (SSSR count). The number of aromatic nitrogens is 1. The van der Waals surface area contributed by atoms with Crippen LogP contribution in [0.3, 0.4) is 0 Å². The molecule has 0 atom stereocenters. The summed E-state index contributed by atoms with van der Waals surface area (Å²) in [5.74, 6) is 1.33. The number of pyridine rings is 1. The number of methoxy groups -OCH3 is 1. The van der Waals surface area contributed by atoms with Crippen LogP contribution in [0.2, 0.25) is 10.0 Å². The second kappa shape index (κ2) is 9.63. The predicted octanol–water partition coefficient (Wildman–Crippen LogP) is 1.61. The van der Waals surface area contributed by atoms with Gasteiger partial charge < -0.3 is 20.7 Å². The van der Waals surface area contributed by atoms with Crippen LogP contribution in [0.1, 0.15) is 0 Å². The lowest BCUT2D eigenvalue weighted by Gasteiger charge is -2.12. The molecular formula is C12H19Cl2N5O. The normalized spacial score (nSPS) is 11.3. The Labute approximate surface area is 128 Å². The fourth-order valence-corrected chi connectivity index (χ4v) is 1.85. The largest absolute Gasteiger partial charge is 0.383 e. The van der Waals surface area contributed by atoms with Crippen molar-refractivity contribution < 1.29 is 4.74 Å². The molecule has 8 heteroatoms. The van der Waals surface area contributed by atoms with Crippen molar-refractivity contribution >= 4 is 35.0 Å². The van der Waals surface area contributed by atoms with Gasteiger partial charge in [-0.05, 0) is 6.07 Å². The number of rotatable bonds is 7. The van der Waals surface area contributed by atoms with Gasteiger partial charge in [-0.25, -0.2) is 4.98 Å².